The SMILES string of the molecule is N=c1n(Cc2ccccc2Cl)c2ccccc2n1-c1ccc(Br)nc1. The average Bonchev–Trinajstić information content (AvgIpc) is 2.90. The summed E-state index contributed by atoms with van der Waals surface area (Å²) in [6.45, 7) is 0.538. The van der Waals surface area contributed by atoms with Crippen LogP contribution in [0.15, 0.2) is 71.5 Å². The number of nitrogens with zero attached hydrogens (tertiary/aromatic N) is 3. The number of nitrogens with one attached hydrogen (secondary N) is 1. The fraction of sp³-hybridized carbons (Fsp3) is 0.0526. The molecule has 2 heterocycles. The van der Waals surface area contributed by atoms with E-state index >= 15 is 0 Å². The van der Waals surface area contributed by atoms with Gasteiger partial charge in [-0.15, -0.1) is 0 Å². The van der Waals surface area contributed by atoms with Crippen LogP contribution in [0.3, 0.4) is 0 Å². The Hall–Kier alpha value is -2.37. The van der Waals surface area contributed by atoms with Crippen molar-refractivity contribution in [2.45, 2.75) is 6.54 Å². The number of rotatable bonds is 3. The highest BCUT2D eigenvalue weighted by Gasteiger charge is 2.13. The Balaban J connectivity index is 1.94. The lowest BCUT2D eigenvalue weighted by Gasteiger charge is -2.07. The number of benzene rings is 2. The molecule has 0 radical (unpaired) electrons. The molecule has 0 spiro atoms. The van der Waals surface area contributed by atoms with Crippen molar-refractivity contribution in [2.75, 3.05) is 0 Å². The molecule has 1 N–H and O–H groups in total. The summed E-state index contributed by atoms with van der Waals surface area (Å²) in [5, 5.41) is 9.43. The maximum Gasteiger partial charge on any atom is 0.208 e. The predicted octanol–water partition coefficient (Wildman–Crippen LogP) is 4.77. The fourth-order valence-corrected chi connectivity index (χ4v) is 3.38. The first-order valence-corrected chi connectivity index (χ1v) is 8.92. The summed E-state index contributed by atoms with van der Waals surface area (Å²) >= 11 is 9.68. The van der Waals surface area contributed by atoms with Gasteiger partial charge in [0.25, 0.3) is 0 Å². The van der Waals surface area contributed by atoms with Crippen LogP contribution in [0.2, 0.25) is 5.02 Å². The molecule has 0 fully saturated rings. The van der Waals surface area contributed by atoms with Crippen LogP contribution in [0.4, 0.5) is 0 Å². The zero-order valence-corrected chi connectivity index (χ0v) is 15.5. The molecule has 6 heteroatoms. The number of imidazole rings is 1. The van der Waals surface area contributed by atoms with Crippen molar-refractivity contribution >= 4 is 38.6 Å². The predicted molar refractivity (Wildman–Crippen MR) is 103 cm³/mol. The third-order valence-corrected chi connectivity index (χ3v) is 4.97. The summed E-state index contributed by atoms with van der Waals surface area (Å²) in [5.41, 5.74) is 4.16. The minimum atomic E-state index is 0.380. The van der Waals surface area contributed by atoms with Crippen molar-refractivity contribution in [2.24, 2.45) is 0 Å². The summed E-state index contributed by atoms with van der Waals surface area (Å²) in [7, 11) is 0. The van der Waals surface area contributed by atoms with Gasteiger partial charge in [0, 0.05) is 5.02 Å². The largest absolute Gasteiger partial charge is 0.306 e. The summed E-state index contributed by atoms with van der Waals surface area (Å²) in [6, 6.07) is 19.5. The molecule has 25 heavy (non-hydrogen) atoms. The summed E-state index contributed by atoms with van der Waals surface area (Å²) in [4.78, 5) is 4.29. The van der Waals surface area contributed by atoms with Gasteiger partial charge in [-0.3, -0.25) is 9.98 Å². The van der Waals surface area contributed by atoms with Crippen LogP contribution in [0, 0.1) is 5.41 Å². The minimum absolute atomic E-state index is 0.380. The molecular weight excluding hydrogens is 400 g/mol. The standard InChI is InChI=1S/C19H14BrClN4/c20-18-10-9-14(11-23-18)25-17-8-4-3-7-16(17)24(19(25)22)12-13-5-1-2-6-15(13)21/h1-11,22H,12H2. The van der Waals surface area contributed by atoms with Gasteiger partial charge < -0.3 is 4.57 Å². The number of halogens is 2. The van der Waals surface area contributed by atoms with Crippen molar-refractivity contribution in [3.05, 3.63) is 87.7 Å². The number of para-hydroxylation sites is 2. The molecule has 4 nitrogen and oxygen atoms in total. The highest BCUT2D eigenvalue weighted by Crippen LogP contribution is 2.21. The maximum absolute atomic E-state index is 8.73. The second-order valence-electron chi connectivity index (χ2n) is 5.66. The van der Waals surface area contributed by atoms with Gasteiger partial charge in [0.1, 0.15) is 4.60 Å². The van der Waals surface area contributed by atoms with Gasteiger partial charge in [-0.2, -0.15) is 0 Å². The molecule has 0 aliphatic carbocycles. The van der Waals surface area contributed by atoms with Crippen molar-refractivity contribution in [3.63, 3.8) is 0 Å². The number of pyridine rings is 1. The second-order valence-corrected chi connectivity index (χ2v) is 6.88. The Kier molecular flexibility index (Phi) is 4.19. The Bertz CT molecular complexity index is 1110. The molecule has 0 unspecified atom stereocenters. The summed E-state index contributed by atoms with van der Waals surface area (Å²) in [5.74, 6) is 0. The summed E-state index contributed by atoms with van der Waals surface area (Å²) in [6.07, 6.45) is 1.76. The number of hydrogen-bond donors (Lipinski definition) is 1. The lowest BCUT2D eigenvalue weighted by atomic mass is 10.2. The van der Waals surface area contributed by atoms with Gasteiger partial charge in [0.05, 0.1) is 29.5 Å². The molecule has 124 valence electrons. The van der Waals surface area contributed by atoms with E-state index in [0.29, 0.717) is 17.2 Å². The van der Waals surface area contributed by atoms with Gasteiger partial charge in [-0.05, 0) is 51.8 Å². The minimum Gasteiger partial charge on any atom is -0.306 e. The van der Waals surface area contributed by atoms with Crippen molar-refractivity contribution in [3.8, 4) is 5.69 Å². The van der Waals surface area contributed by atoms with E-state index in [2.05, 4.69) is 20.9 Å². The zero-order valence-electron chi connectivity index (χ0n) is 13.2. The van der Waals surface area contributed by atoms with Gasteiger partial charge >= 0.3 is 0 Å². The fourth-order valence-electron chi connectivity index (χ4n) is 2.95. The van der Waals surface area contributed by atoms with E-state index in [4.69, 9.17) is 17.0 Å². The molecule has 4 rings (SSSR count). The van der Waals surface area contributed by atoms with E-state index in [1.54, 1.807) is 6.20 Å². The highest BCUT2D eigenvalue weighted by molar-refractivity contribution is 9.10. The Labute approximate surface area is 158 Å². The molecule has 0 atom stereocenters. The van der Waals surface area contributed by atoms with Crippen LogP contribution < -0.4 is 5.62 Å². The second kappa shape index (κ2) is 6.50. The molecule has 4 aromatic rings. The number of aromatic nitrogens is 3. The molecule has 0 amide bonds. The van der Waals surface area contributed by atoms with Gasteiger partial charge in [0.2, 0.25) is 5.62 Å². The monoisotopic (exact) mass is 412 g/mol. The molecular formula is C19H14BrClN4. The van der Waals surface area contributed by atoms with Crippen LogP contribution in [0.25, 0.3) is 16.7 Å². The van der Waals surface area contributed by atoms with Crippen molar-refractivity contribution < 1.29 is 0 Å². The Morgan fingerprint density at radius 1 is 0.960 bits per heavy atom. The van der Waals surface area contributed by atoms with E-state index in [1.807, 2.05) is 69.8 Å². The van der Waals surface area contributed by atoms with Gasteiger partial charge in [-0.1, -0.05) is 41.9 Å². The molecule has 0 aliphatic heterocycles. The lowest BCUT2D eigenvalue weighted by molar-refractivity contribution is 0.723. The van der Waals surface area contributed by atoms with Crippen LogP contribution >= 0.6 is 27.5 Å². The van der Waals surface area contributed by atoms with E-state index in [9.17, 15) is 0 Å². The van der Waals surface area contributed by atoms with Gasteiger partial charge in [-0.25, -0.2) is 4.98 Å². The van der Waals surface area contributed by atoms with Gasteiger partial charge in [0.15, 0.2) is 0 Å². The molecule has 0 saturated heterocycles. The third kappa shape index (κ3) is 2.90. The lowest BCUT2D eigenvalue weighted by Crippen LogP contribution is -2.24. The quantitative estimate of drug-likeness (QED) is 0.483. The number of fused-ring (bicyclic) bond motifs is 1. The Morgan fingerprint density at radius 3 is 2.40 bits per heavy atom. The topological polar surface area (TPSA) is 46.6 Å². The smallest absolute Gasteiger partial charge is 0.208 e. The van der Waals surface area contributed by atoms with E-state index in [0.717, 1.165) is 26.9 Å². The third-order valence-electron chi connectivity index (χ3n) is 4.14. The van der Waals surface area contributed by atoms with Crippen LogP contribution in [-0.2, 0) is 6.54 Å². The molecule has 2 aromatic carbocycles. The first kappa shape index (κ1) is 16.1. The maximum atomic E-state index is 8.73. The first-order chi connectivity index (χ1) is 12.1. The van der Waals surface area contributed by atoms with E-state index < -0.39 is 0 Å². The average molecular weight is 414 g/mol. The number of hydrogen-bond acceptors (Lipinski definition) is 2. The van der Waals surface area contributed by atoms with E-state index in [-0.39, 0.29) is 0 Å². The first-order valence-electron chi connectivity index (χ1n) is 7.75. The molecule has 0 bridgehead atoms. The summed E-state index contributed by atoms with van der Waals surface area (Å²) < 4.78 is 4.62. The zero-order chi connectivity index (χ0) is 17.4. The van der Waals surface area contributed by atoms with Crippen LogP contribution in [0.1, 0.15) is 5.56 Å². The van der Waals surface area contributed by atoms with Crippen molar-refractivity contribution in [1.82, 2.24) is 14.1 Å². The van der Waals surface area contributed by atoms with Crippen molar-refractivity contribution in [1.29, 1.82) is 5.41 Å². The van der Waals surface area contributed by atoms with Crippen LogP contribution in [-0.4, -0.2) is 14.1 Å². The molecule has 2 aromatic heterocycles. The Morgan fingerprint density at radius 2 is 1.68 bits per heavy atom. The normalized spacial score (nSPS) is 11.1. The van der Waals surface area contributed by atoms with Crippen LogP contribution in [0.5, 0.6) is 0 Å². The molecule has 0 saturated carbocycles. The molecule has 0 aliphatic rings. The highest BCUT2D eigenvalue weighted by atomic mass is 79.9. The van der Waals surface area contributed by atoms with E-state index in [1.165, 1.54) is 0 Å².